The number of hydrogen-bond acceptors (Lipinski definition) is 5. The Morgan fingerprint density at radius 3 is 2.56 bits per heavy atom. The molecular formula is C17H24BrFN6. The molecule has 1 aliphatic rings. The molecule has 0 amide bonds. The Morgan fingerprint density at radius 2 is 2.00 bits per heavy atom. The lowest BCUT2D eigenvalue weighted by Gasteiger charge is -2.32. The Balaban J connectivity index is 0.000000511. The van der Waals surface area contributed by atoms with Gasteiger partial charge in [0, 0.05) is 28.9 Å². The Morgan fingerprint density at radius 1 is 1.36 bits per heavy atom. The van der Waals surface area contributed by atoms with Crippen molar-refractivity contribution in [3.63, 3.8) is 0 Å². The van der Waals surface area contributed by atoms with Gasteiger partial charge >= 0.3 is 0 Å². The lowest BCUT2D eigenvalue weighted by atomic mass is 9.96. The van der Waals surface area contributed by atoms with Crippen molar-refractivity contribution in [2.75, 3.05) is 24.5 Å². The number of aromatic nitrogens is 2. The first-order chi connectivity index (χ1) is 12.0. The predicted octanol–water partition coefficient (Wildman–Crippen LogP) is 3.04. The van der Waals surface area contributed by atoms with Gasteiger partial charge in [-0.1, -0.05) is 6.92 Å². The van der Waals surface area contributed by atoms with Gasteiger partial charge in [0.25, 0.3) is 0 Å². The van der Waals surface area contributed by atoms with Crippen molar-refractivity contribution in [2.24, 2.45) is 17.4 Å². The molecular weight excluding hydrogens is 387 g/mol. The molecule has 0 radical (unpaired) electrons. The van der Waals surface area contributed by atoms with Crippen LogP contribution < -0.4 is 16.4 Å². The number of anilines is 1. The second-order valence-corrected chi connectivity index (χ2v) is 6.84. The van der Waals surface area contributed by atoms with E-state index in [0.717, 1.165) is 44.7 Å². The topological polar surface area (TPSA) is 105 Å². The molecule has 0 bridgehead atoms. The van der Waals surface area contributed by atoms with Crippen LogP contribution in [0.1, 0.15) is 26.2 Å². The first-order valence-electron chi connectivity index (χ1n) is 8.36. The predicted molar refractivity (Wildman–Crippen MR) is 103 cm³/mol. The molecule has 1 aromatic heterocycles. The van der Waals surface area contributed by atoms with Crippen molar-refractivity contribution in [1.82, 2.24) is 9.97 Å². The Hall–Kier alpha value is -1.80. The van der Waals surface area contributed by atoms with E-state index < -0.39 is 0 Å². The Labute approximate surface area is 155 Å². The van der Waals surface area contributed by atoms with E-state index in [1.807, 2.05) is 0 Å². The zero-order chi connectivity index (χ0) is 18.4. The van der Waals surface area contributed by atoms with Crippen molar-refractivity contribution < 1.29 is 4.39 Å². The molecule has 0 unspecified atom stereocenters. The first kappa shape index (κ1) is 19.5. The molecule has 0 saturated carbocycles. The summed E-state index contributed by atoms with van der Waals surface area (Å²) in [5.74, 6) is 0.806. The number of benzene rings is 1. The van der Waals surface area contributed by atoms with Crippen molar-refractivity contribution >= 4 is 38.5 Å². The van der Waals surface area contributed by atoms with Gasteiger partial charge in [-0.25, -0.2) is 14.4 Å². The van der Waals surface area contributed by atoms with E-state index in [4.69, 9.17) is 16.9 Å². The molecule has 1 aliphatic heterocycles. The van der Waals surface area contributed by atoms with E-state index in [1.54, 1.807) is 0 Å². The van der Waals surface area contributed by atoms with Gasteiger partial charge in [0.1, 0.15) is 18.0 Å². The maximum absolute atomic E-state index is 13.7. The van der Waals surface area contributed by atoms with E-state index in [1.165, 1.54) is 18.5 Å². The Kier molecular flexibility index (Phi) is 7.07. The van der Waals surface area contributed by atoms with Crippen LogP contribution in [0.15, 0.2) is 22.9 Å². The number of fused-ring (bicyclic) bond motifs is 1. The highest BCUT2D eigenvalue weighted by Crippen LogP contribution is 2.31. The van der Waals surface area contributed by atoms with Crippen LogP contribution in [0.2, 0.25) is 0 Å². The molecule has 0 spiro atoms. The fourth-order valence-corrected chi connectivity index (χ4v) is 3.27. The summed E-state index contributed by atoms with van der Waals surface area (Å²) >= 11 is 3.34. The molecule has 6 nitrogen and oxygen atoms in total. The van der Waals surface area contributed by atoms with E-state index in [-0.39, 0.29) is 17.6 Å². The molecule has 0 aliphatic carbocycles. The molecule has 8 heteroatoms. The summed E-state index contributed by atoms with van der Waals surface area (Å²) in [6, 6.07) is 2.87. The van der Waals surface area contributed by atoms with Crippen molar-refractivity contribution in [2.45, 2.75) is 26.2 Å². The second-order valence-electron chi connectivity index (χ2n) is 5.99. The summed E-state index contributed by atoms with van der Waals surface area (Å²) in [6.45, 7) is 4.38. The quantitative estimate of drug-likeness (QED) is 0.532. The van der Waals surface area contributed by atoms with Crippen LogP contribution in [0.4, 0.5) is 10.2 Å². The van der Waals surface area contributed by atoms with Gasteiger partial charge in [0.2, 0.25) is 0 Å². The van der Waals surface area contributed by atoms with Crippen LogP contribution in [-0.4, -0.2) is 35.4 Å². The molecule has 5 N–H and O–H groups in total. The highest BCUT2D eigenvalue weighted by molar-refractivity contribution is 9.10. The zero-order valence-electron chi connectivity index (χ0n) is 14.3. The molecule has 1 fully saturated rings. The van der Waals surface area contributed by atoms with Crippen LogP contribution in [0.5, 0.6) is 0 Å². The number of hydrogen-bond donors (Lipinski definition) is 3. The summed E-state index contributed by atoms with van der Waals surface area (Å²) in [6.07, 6.45) is 4.23. The average Bonchev–Trinajstić information content (AvgIpc) is 2.61. The normalized spacial score (nSPS) is 15.0. The molecule has 1 aromatic carbocycles. The largest absolute Gasteiger partial charge is 0.387 e. The maximum atomic E-state index is 13.7. The summed E-state index contributed by atoms with van der Waals surface area (Å²) < 4.78 is 14.3. The van der Waals surface area contributed by atoms with Crippen LogP contribution in [0.3, 0.4) is 0 Å². The lowest BCUT2D eigenvalue weighted by molar-refractivity contribution is 0.496. The second kappa shape index (κ2) is 9.05. The average molecular weight is 411 g/mol. The Bertz CT molecular complexity index is 728. The minimum Gasteiger partial charge on any atom is -0.387 e. The lowest BCUT2D eigenvalue weighted by Crippen LogP contribution is -2.38. The summed E-state index contributed by atoms with van der Waals surface area (Å²) in [5, 5.41) is 8.22. The number of piperidine rings is 1. The molecule has 0 atom stereocenters. The smallest absolute Gasteiger partial charge is 0.140 e. The van der Waals surface area contributed by atoms with Crippen molar-refractivity contribution in [1.29, 1.82) is 5.41 Å². The molecule has 1 saturated heterocycles. The number of halogens is 2. The SMILES string of the molecule is CCCN.N=C(N)C1CCN(c2ncnc3c(Br)cc(F)cc23)CC1. The molecule has 136 valence electrons. The third-order valence-corrected chi connectivity index (χ3v) is 4.76. The molecule has 2 aromatic rings. The third-order valence-electron chi connectivity index (χ3n) is 4.16. The van der Waals surface area contributed by atoms with Crippen molar-refractivity contribution in [3.05, 3.63) is 28.7 Å². The number of nitrogens with one attached hydrogen (secondary N) is 1. The highest BCUT2D eigenvalue weighted by atomic mass is 79.9. The van der Waals surface area contributed by atoms with Gasteiger partial charge < -0.3 is 16.4 Å². The van der Waals surface area contributed by atoms with Gasteiger partial charge in [-0.3, -0.25) is 5.41 Å². The summed E-state index contributed by atoms with van der Waals surface area (Å²) in [4.78, 5) is 10.6. The third kappa shape index (κ3) is 4.85. The molecule has 3 rings (SSSR count). The van der Waals surface area contributed by atoms with E-state index in [2.05, 4.69) is 37.7 Å². The monoisotopic (exact) mass is 410 g/mol. The minimum absolute atomic E-state index is 0.137. The number of nitrogens with two attached hydrogens (primary N) is 2. The first-order valence-corrected chi connectivity index (χ1v) is 9.15. The van der Waals surface area contributed by atoms with E-state index >= 15 is 0 Å². The van der Waals surface area contributed by atoms with Crippen LogP contribution in [-0.2, 0) is 0 Å². The van der Waals surface area contributed by atoms with Crippen LogP contribution in [0, 0.1) is 17.1 Å². The standard InChI is InChI=1S/C14H15BrFN5.C3H9N/c15-11-6-9(16)5-10-12(11)19-7-20-14(10)21-3-1-8(2-4-21)13(17)18;1-2-3-4/h5-8H,1-4H2,(H3,17,18);2-4H2,1H3. The van der Waals surface area contributed by atoms with Crippen molar-refractivity contribution in [3.8, 4) is 0 Å². The number of rotatable bonds is 3. The van der Waals surface area contributed by atoms with Gasteiger partial charge in [0.15, 0.2) is 0 Å². The van der Waals surface area contributed by atoms with Crippen LogP contribution in [0.25, 0.3) is 10.9 Å². The summed E-state index contributed by atoms with van der Waals surface area (Å²) in [5.41, 5.74) is 11.3. The number of nitrogens with zero attached hydrogens (tertiary/aromatic N) is 3. The maximum Gasteiger partial charge on any atom is 0.140 e. The van der Waals surface area contributed by atoms with Gasteiger partial charge in [-0.05, 0) is 53.9 Å². The van der Waals surface area contributed by atoms with Gasteiger partial charge in [-0.15, -0.1) is 0 Å². The van der Waals surface area contributed by atoms with Gasteiger partial charge in [-0.2, -0.15) is 0 Å². The van der Waals surface area contributed by atoms with E-state index in [0.29, 0.717) is 15.4 Å². The molecule has 2 heterocycles. The fraction of sp³-hybridized carbons (Fsp3) is 0.471. The minimum atomic E-state index is -0.316. The summed E-state index contributed by atoms with van der Waals surface area (Å²) in [7, 11) is 0. The van der Waals surface area contributed by atoms with E-state index in [9.17, 15) is 4.39 Å². The zero-order valence-corrected chi connectivity index (χ0v) is 15.9. The highest BCUT2D eigenvalue weighted by Gasteiger charge is 2.23. The fourth-order valence-electron chi connectivity index (χ4n) is 2.73. The van der Waals surface area contributed by atoms with Gasteiger partial charge in [0.05, 0.1) is 11.4 Å². The molecule has 25 heavy (non-hydrogen) atoms. The van der Waals surface area contributed by atoms with Crippen LogP contribution >= 0.6 is 15.9 Å². The number of amidine groups is 1.